The molecule has 1 fully saturated rings. The van der Waals surface area contributed by atoms with Gasteiger partial charge in [-0.05, 0) is 25.7 Å². The van der Waals surface area contributed by atoms with Crippen molar-refractivity contribution < 1.29 is 27.8 Å². The highest BCUT2D eigenvalue weighted by atomic mass is 32.2. The number of methoxy groups -OCH3 is 1. The second kappa shape index (κ2) is 8.56. The number of hydrogen-bond acceptors (Lipinski definition) is 5. The molecule has 7 nitrogen and oxygen atoms in total. The van der Waals surface area contributed by atoms with Crippen molar-refractivity contribution in [3.8, 4) is 0 Å². The molecule has 0 amide bonds. The zero-order chi connectivity index (χ0) is 15.0. The summed E-state index contributed by atoms with van der Waals surface area (Å²) >= 11 is 0. The Hall–Kier alpha value is -0.700. The SMILES string of the molecule is COCCOCCS(=O)(=O)NC1CCC(C(=O)O)CC1. The predicted molar refractivity (Wildman–Crippen MR) is 73.0 cm³/mol. The summed E-state index contributed by atoms with van der Waals surface area (Å²) in [5.41, 5.74) is 0. The lowest BCUT2D eigenvalue weighted by atomic mass is 9.87. The van der Waals surface area contributed by atoms with Gasteiger partial charge in [0.1, 0.15) is 0 Å². The van der Waals surface area contributed by atoms with Gasteiger partial charge >= 0.3 is 5.97 Å². The first kappa shape index (κ1) is 17.4. The van der Waals surface area contributed by atoms with Crippen molar-refractivity contribution in [1.29, 1.82) is 0 Å². The van der Waals surface area contributed by atoms with E-state index in [0.717, 1.165) is 0 Å². The largest absolute Gasteiger partial charge is 0.481 e. The fourth-order valence-corrected chi connectivity index (χ4v) is 3.38. The predicted octanol–water partition coefficient (Wildman–Crippen LogP) is 0.212. The van der Waals surface area contributed by atoms with Gasteiger partial charge in [0.2, 0.25) is 10.0 Å². The monoisotopic (exact) mass is 309 g/mol. The lowest BCUT2D eigenvalue weighted by molar-refractivity contribution is -0.142. The molecule has 0 saturated heterocycles. The summed E-state index contributed by atoms with van der Waals surface area (Å²) in [6, 6.07) is -0.158. The molecule has 0 aliphatic heterocycles. The first-order valence-corrected chi connectivity index (χ1v) is 8.39. The van der Waals surface area contributed by atoms with E-state index in [2.05, 4.69) is 4.72 Å². The summed E-state index contributed by atoms with van der Waals surface area (Å²) in [5.74, 6) is -1.22. The Kier molecular flexibility index (Phi) is 7.42. The molecule has 0 atom stereocenters. The summed E-state index contributed by atoms with van der Waals surface area (Å²) in [7, 11) is -1.82. The van der Waals surface area contributed by atoms with E-state index in [0.29, 0.717) is 38.9 Å². The average molecular weight is 309 g/mol. The van der Waals surface area contributed by atoms with Crippen LogP contribution in [0.2, 0.25) is 0 Å². The third kappa shape index (κ3) is 6.65. The van der Waals surface area contributed by atoms with E-state index < -0.39 is 16.0 Å². The standard InChI is InChI=1S/C12H23NO6S/c1-18-6-7-19-8-9-20(16,17)13-11-4-2-10(3-5-11)12(14)15/h10-11,13H,2-9H2,1H3,(H,14,15). The molecule has 0 bridgehead atoms. The maximum absolute atomic E-state index is 11.8. The minimum atomic E-state index is -3.37. The maximum Gasteiger partial charge on any atom is 0.306 e. The molecule has 0 spiro atoms. The highest BCUT2D eigenvalue weighted by molar-refractivity contribution is 7.89. The number of ether oxygens (including phenoxy) is 2. The molecule has 0 radical (unpaired) electrons. The summed E-state index contributed by atoms with van der Waals surface area (Å²) < 4.78 is 36.1. The topological polar surface area (TPSA) is 102 Å². The van der Waals surface area contributed by atoms with E-state index >= 15 is 0 Å². The molecule has 1 rings (SSSR count). The third-order valence-electron chi connectivity index (χ3n) is 3.35. The average Bonchev–Trinajstić information content (AvgIpc) is 2.38. The van der Waals surface area contributed by atoms with E-state index in [1.54, 1.807) is 7.11 Å². The van der Waals surface area contributed by atoms with Gasteiger partial charge in [-0.2, -0.15) is 0 Å². The van der Waals surface area contributed by atoms with Gasteiger partial charge in [0.05, 0.1) is 31.5 Å². The third-order valence-corrected chi connectivity index (χ3v) is 4.75. The minimum absolute atomic E-state index is 0.0877. The number of carbonyl (C=O) groups is 1. The molecular weight excluding hydrogens is 286 g/mol. The molecule has 20 heavy (non-hydrogen) atoms. The van der Waals surface area contributed by atoms with E-state index in [9.17, 15) is 13.2 Å². The fraction of sp³-hybridized carbons (Fsp3) is 0.917. The van der Waals surface area contributed by atoms with Crippen molar-refractivity contribution in [2.24, 2.45) is 5.92 Å². The Morgan fingerprint density at radius 2 is 1.85 bits per heavy atom. The molecule has 0 aromatic heterocycles. The van der Waals surface area contributed by atoms with Crippen molar-refractivity contribution in [3.05, 3.63) is 0 Å². The van der Waals surface area contributed by atoms with Crippen LogP contribution in [0, 0.1) is 5.92 Å². The van der Waals surface area contributed by atoms with Crippen LogP contribution in [-0.4, -0.2) is 58.2 Å². The molecule has 0 aromatic carbocycles. The summed E-state index contributed by atoms with van der Waals surface area (Å²) in [5, 5.41) is 8.88. The number of carboxylic acids is 1. The Morgan fingerprint density at radius 1 is 1.20 bits per heavy atom. The molecule has 0 heterocycles. The molecule has 2 N–H and O–H groups in total. The summed E-state index contributed by atoms with van der Waals surface area (Å²) in [6.45, 7) is 0.936. The fourth-order valence-electron chi connectivity index (χ4n) is 2.18. The van der Waals surface area contributed by atoms with Crippen LogP contribution in [-0.2, 0) is 24.3 Å². The van der Waals surface area contributed by atoms with Gasteiger partial charge < -0.3 is 14.6 Å². The normalized spacial score (nSPS) is 23.6. The van der Waals surface area contributed by atoms with Crippen molar-refractivity contribution >= 4 is 16.0 Å². The smallest absolute Gasteiger partial charge is 0.306 e. The van der Waals surface area contributed by atoms with Crippen LogP contribution in [0.15, 0.2) is 0 Å². The van der Waals surface area contributed by atoms with E-state index in [-0.39, 0.29) is 24.3 Å². The zero-order valence-electron chi connectivity index (χ0n) is 11.7. The van der Waals surface area contributed by atoms with Crippen LogP contribution in [0.4, 0.5) is 0 Å². The van der Waals surface area contributed by atoms with Crippen LogP contribution in [0.25, 0.3) is 0 Å². The zero-order valence-corrected chi connectivity index (χ0v) is 12.5. The van der Waals surface area contributed by atoms with Crippen molar-refractivity contribution in [3.63, 3.8) is 0 Å². The van der Waals surface area contributed by atoms with E-state index in [4.69, 9.17) is 14.6 Å². The number of hydrogen-bond donors (Lipinski definition) is 2. The molecule has 1 saturated carbocycles. The number of carboxylic acid groups (broad SMARTS) is 1. The van der Waals surface area contributed by atoms with Crippen LogP contribution < -0.4 is 4.72 Å². The second-order valence-corrected chi connectivity index (χ2v) is 6.80. The van der Waals surface area contributed by atoms with Crippen molar-refractivity contribution in [1.82, 2.24) is 4.72 Å². The highest BCUT2D eigenvalue weighted by Crippen LogP contribution is 2.24. The van der Waals surface area contributed by atoms with Crippen LogP contribution in [0.5, 0.6) is 0 Å². The molecular formula is C12H23NO6S. The number of aliphatic carboxylic acids is 1. The van der Waals surface area contributed by atoms with Gasteiger partial charge in [0.15, 0.2) is 0 Å². The van der Waals surface area contributed by atoms with Gasteiger partial charge in [0, 0.05) is 13.2 Å². The first-order valence-electron chi connectivity index (χ1n) is 6.74. The van der Waals surface area contributed by atoms with Crippen LogP contribution in [0.1, 0.15) is 25.7 Å². The van der Waals surface area contributed by atoms with E-state index in [1.165, 1.54) is 0 Å². The molecule has 1 aliphatic rings. The molecule has 1 aliphatic carbocycles. The lowest BCUT2D eigenvalue weighted by Crippen LogP contribution is -2.40. The van der Waals surface area contributed by atoms with Crippen molar-refractivity contribution in [2.45, 2.75) is 31.7 Å². The van der Waals surface area contributed by atoms with Crippen molar-refractivity contribution in [2.75, 3.05) is 32.7 Å². The minimum Gasteiger partial charge on any atom is -0.481 e. The Balaban J connectivity index is 2.24. The van der Waals surface area contributed by atoms with Gasteiger partial charge in [-0.3, -0.25) is 4.79 Å². The maximum atomic E-state index is 11.8. The summed E-state index contributed by atoms with van der Waals surface area (Å²) in [4.78, 5) is 10.8. The summed E-state index contributed by atoms with van der Waals surface area (Å²) in [6.07, 6.45) is 2.18. The lowest BCUT2D eigenvalue weighted by Gasteiger charge is -2.26. The molecule has 8 heteroatoms. The van der Waals surface area contributed by atoms with Gasteiger partial charge in [-0.1, -0.05) is 0 Å². The Labute approximate surface area is 119 Å². The van der Waals surface area contributed by atoms with Gasteiger partial charge in [-0.25, -0.2) is 13.1 Å². The Bertz CT molecular complexity index is 389. The Morgan fingerprint density at radius 3 is 2.40 bits per heavy atom. The first-order chi connectivity index (χ1) is 9.44. The van der Waals surface area contributed by atoms with Gasteiger partial charge in [0.25, 0.3) is 0 Å². The van der Waals surface area contributed by atoms with Crippen LogP contribution in [0.3, 0.4) is 0 Å². The number of rotatable bonds is 9. The van der Waals surface area contributed by atoms with Crippen LogP contribution >= 0.6 is 0 Å². The molecule has 118 valence electrons. The second-order valence-electron chi connectivity index (χ2n) is 4.93. The van der Waals surface area contributed by atoms with Gasteiger partial charge in [-0.15, -0.1) is 0 Å². The highest BCUT2D eigenvalue weighted by Gasteiger charge is 2.28. The number of sulfonamides is 1. The molecule has 0 unspecified atom stereocenters. The quantitative estimate of drug-likeness (QED) is 0.590. The molecule has 0 aromatic rings. The van der Waals surface area contributed by atoms with E-state index in [1.807, 2.05) is 0 Å². The number of nitrogens with one attached hydrogen (secondary N) is 1.